The molecule has 0 aliphatic rings. The zero-order valence-corrected chi connectivity index (χ0v) is 10.7. The van der Waals surface area contributed by atoms with E-state index in [9.17, 15) is 9.59 Å². The zero-order chi connectivity index (χ0) is 14.0. The predicted octanol–water partition coefficient (Wildman–Crippen LogP) is -0.129. The Balaban J connectivity index is 2.20. The first-order chi connectivity index (χ1) is 9.02. The Labute approximate surface area is 108 Å². The van der Waals surface area contributed by atoms with Gasteiger partial charge in [0, 0.05) is 24.5 Å². The number of rotatable bonds is 4. The number of imidazole rings is 1. The first-order valence-corrected chi connectivity index (χ1v) is 5.76. The SMILES string of the molecule is CC(C)n1ccn(Cc2cc(C(=O)NN)no2)c1=O. The third kappa shape index (κ3) is 2.58. The van der Waals surface area contributed by atoms with Gasteiger partial charge in [-0.25, -0.2) is 10.6 Å². The van der Waals surface area contributed by atoms with Crippen molar-refractivity contribution >= 4 is 5.91 Å². The second kappa shape index (κ2) is 5.11. The molecular formula is C11H15N5O3. The highest BCUT2D eigenvalue weighted by molar-refractivity contribution is 5.91. The molecule has 0 aliphatic carbocycles. The monoisotopic (exact) mass is 265 g/mol. The smallest absolute Gasteiger partial charge is 0.328 e. The van der Waals surface area contributed by atoms with Crippen molar-refractivity contribution in [2.24, 2.45) is 5.84 Å². The molecule has 0 unspecified atom stereocenters. The summed E-state index contributed by atoms with van der Waals surface area (Å²) in [6.07, 6.45) is 3.37. The van der Waals surface area contributed by atoms with Crippen molar-refractivity contribution in [1.29, 1.82) is 0 Å². The number of hydrogen-bond acceptors (Lipinski definition) is 5. The molecule has 3 N–H and O–H groups in total. The number of carbonyl (C=O) groups excluding carboxylic acids is 1. The van der Waals surface area contributed by atoms with Crippen molar-refractivity contribution in [3.05, 3.63) is 40.4 Å². The third-order valence-corrected chi connectivity index (χ3v) is 2.68. The number of nitrogens with one attached hydrogen (secondary N) is 1. The molecular weight excluding hydrogens is 250 g/mol. The number of aromatic nitrogens is 3. The summed E-state index contributed by atoms with van der Waals surface area (Å²) in [6, 6.07) is 1.53. The van der Waals surface area contributed by atoms with Crippen LogP contribution in [0.3, 0.4) is 0 Å². The lowest BCUT2D eigenvalue weighted by molar-refractivity contribution is 0.0944. The van der Waals surface area contributed by atoms with Gasteiger partial charge in [0.05, 0.1) is 6.54 Å². The summed E-state index contributed by atoms with van der Waals surface area (Å²) in [5.41, 5.74) is 1.89. The van der Waals surface area contributed by atoms with E-state index in [4.69, 9.17) is 10.4 Å². The lowest BCUT2D eigenvalue weighted by atomic mass is 10.3. The molecule has 2 aromatic rings. The number of nitrogens with zero attached hydrogens (tertiary/aromatic N) is 3. The van der Waals surface area contributed by atoms with Crippen LogP contribution in [0.15, 0.2) is 27.8 Å². The van der Waals surface area contributed by atoms with Gasteiger partial charge >= 0.3 is 5.69 Å². The van der Waals surface area contributed by atoms with Crippen LogP contribution in [0.25, 0.3) is 0 Å². The van der Waals surface area contributed by atoms with Gasteiger partial charge in [-0.3, -0.25) is 19.4 Å². The molecule has 19 heavy (non-hydrogen) atoms. The van der Waals surface area contributed by atoms with E-state index in [1.807, 2.05) is 19.3 Å². The highest BCUT2D eigenvalue weighted by Gasteiger charge is 2.13. The van der Waals surface area contributed by atoms with Gasteiger partial charge in [0.15, 0.2) is 11.5 Å². The summed E-state index contributed by atoms with van der Waals surface area (Å²) in [5, 5.41) is 3.57. The van der Waals surface area contributed by atoms with Gasteiger partial charge in [-0.2, -0.15) is 0 Å². The van der Waals surface area contributed by atoms with E-state index in [2.05, 4.69) is 5.16 Å². The van der Waals surface area contributed by atoms with Crippen molar-refractivity contribution < 1.29 is 9.32 Å². The lowest BCUT2D eigenvalue weighted by Gasteiger charge is -2.03. The van der Waals surface area contributed by atoms with Crippen molar-refractivity contribution in [2.75, 3.05) is 0 Å². The Hall–Kier alpha value is -2.35. The fourth-order valence-corrected chi connectivity index (χ4v) is 1.68. The Bertz CT molecular complexity index is 637. The van der Waals surface area contributed by atoms with Crippen LogP contribution in [-0.2, 0) is 6.54 Å². The van der Waals surface area contributed by atoms with Crippen LogP contribution in [0.2, 0.25) is 0 Å². The Morgan fingerprint density at radius 1 is 1.53 bits per heavy atom. The fourth-order valence-electron chi connectivity index (χ4n) is 1.68. The summed E-state index contributed by atoms with van der Waals surface area (Å²) >= 11 is 0. The molecule has 1 amide bonds. The summed E-state index contributed by atoms with van der Waals surface area (Å²) in [7, 11) is 0. The molecule has 102 valence electrons. The number of hydrogen-bond donors (Lipinski definition) is 2. The van der Waals surface area contributed by atoms with Gasteiger partial charge < -0.3 is 4.52 Å². The Morgan fingerprint density at radius 3 is 2.84 bits per heavy atom. The second-order valence-corrected chi connectivity index (χ2v) is 4.36. The standard InChI is InChI=1S/C11H15N5O3/c1-7(2)16-4-3-15(11(16)18)6-8-5-9(14-19-8)10(17)13-12/h3-5,7H,6,12H2,1-2H3,(H,13,17). The largest absolute Gasteiger partial charge is 0.359 e. The van der Waals surface area contributed by atoms with Crippen LogP contribution in [-0.4, -0.2) is 20.2 Å². The van der Waals surface area contributed by atoms with Crippen molar-refractivity contribution in [3.8, 4) is 0 Å². The summed E-state index contributed by atoms with van der Waals surface area (Å²) in [5.74, 6) is 4.85. The fraction of sp³-hybridized carbons (Fsp3) is 0.364. The minimum atomic E-state index is -0.540. The molecule has 8 heteroatoms. The quantitative estimate of drug-likeness (QED) is 0.455. The molecule has 2 aromatic heterocycles. The van der Waals surface area contributed by atoms with E-state index in [1.165, 1.54) is 10.6 Å². The minimum Gasteiger partial charge on any atom is -0.359 e. The maximum atomic E-state index is 12.0. The number of carbonyl (C=O) groups is 1. The van der Waals surface area contributed by atoms with Gasteiger partial charge in [0.1, 0.15) is 0 Å². The van der Waals surface area contributed by atoms with Crippen LogP contribution in [0.4, 0.5) is 0 Å². The van der Waals surface area contributed by atoms with Crippen molar-refractivity contribution in [2.45, 2.75) is 26.4 Å². The number of nitrogens with two attached hydrogens (primary N) is 1. The summed E-state index contributed by atoms with van der Waals surface area (Å²) in [6.45, 7) is 4.05. The van der Waals surface area contributed by atoms with Crippen LogP contribution in [0, 0.1) is 0 Å². The molecule has 2 rings (SSSR count). The highest BCUT2D eigenvalue weighted by atomic mass is 16.5. The summed E-state index contributed by atoms with van der Waals surface area (Å²) < 4.78 is 8.06. The second-order valence-electron chi connectivity index (χ2n) is 4.36. The van der Waals surface area contributed by atoms with E-state index in [0.717, 1.165) is 0 Å². The maximum absolute atomic E-state index is 12.0. The zero-order valence-electron chi connectivity index (χ0n) is 10.7. The molecule has 0 radical (unpaired) electrons. The molecule has 8 nitrogen and oxygen atoms in total. The number of hydrazine groups is 1. The normalized spacial score (nSPS) is 10.9. The van der Waals surface area contributed by atoms with Crippen molar-refractivity contribution in [1.82, 2.24) is 19.7 Å². The molecule has 0 spiro atoms. The van der Waals surface area contributed by atoms with Gasteiger partial charge in [-0.15, -0.1) is 0 Å². The van der Waals surface area contributed by atoms with Crippen LogP contribution in [0.5, 0.6) is 0 Å². The van der Waals surface area contributed by atoms with Gasteiger partial charge in [-0.1, -0.05) is 5.16 Å². The predicted molar refractivity (Wildman–Crippen MR) is 66.3 cm³/mol. The average Bonchev–Trinajstić information content (AvgIpc) is 2.97. The summed E-state index contributed by atoms with van der Waals surface area (Å²) in [4.78, 5) is 23.2. The van der Waals surface area contributed by atoms with E-state index >= 15 is 0 Å². The van der Waals surface area contributed by atoms with Crippen LogP contribution in [0.1, 0.15) is 36.1 Å². The molecule has 0 aromatic carbocycles. The van der Waals surface area contributed by atoms with Gasteiger partial charge in [0.2, 0.25) is 0 Å². The topological polar surface area (TPSA) is 108 Å². The van der Waals surface area contributed by atoms with Gasteiger partial charge in [0.25, 0.3) is 5.91 Å². The molecule has 0 saturated heterocycles. The van der Waals surface area contributed by atoms with E-state index < -0.39 is 5.91 Å². The molecule has 0 fully saturated rings. The third-order valence-electron chi connectivity index (χ3n) is 2.68. The first-order valence-electron chi connectivity index (χ1n) is 5.76. The van der Waals surface area contributed by atoms with E-state index in [-0.39, 0.29) is 24.0 Å². The molecule has 2 heterocycles. The molecule has 0 saturated carbocycles. The molecule has 0 aliphatic heterocycles. The van der Waals surface area contributed by atoms with Gasteiger partial charge in [-0.05, 0) is 13.8 Å². The first kappa shape index (κ1) is 13.1. The van der Waals surface area contributed by atoms with Crippen LogP contribution >= 0.6 is 0 Å². The minimum absolute atomic E-state index is 0.0776. The lowest BCUT2D eigenvalue weighted by Crippen LogP contribution is -2.30. The average molecular weight is 265 g/mol. The Kier molecular flexibility index (Phi) is 3.52. The van der Waals surface area contributed by atoms with Crippen LogP contribution < -0.4 is 17.0 Å². The highest BCUT2D eigenvalue weighted by Crippen LogP contribution is 2.06. The maximum Gasteiger partial charge on any atom is 0.328 e. The number of nitrogen functional groups attached to an aromatic ring is 1. The van der Waals surface area contributed by atoms with E-state index in [1.54, 1.807) is 17.0 Å². The number of amides is 1. The van der Waals surface area contributed by atoms with Crippen molar-refractivity contribution in [3.63, 3.8) is 0 Å². The van der Waals surface area contributed by atoms with E-state index in [0.29, 0.717) is 5.76 Å². The molecule has 0 bridgehead atoms. The molecule has 0 atom stereocenters. The Morgan fingerprint density at radius 2 is 2.26 bits per heavy atom.